The Kier molecular flexibility index (Phi) is 8.17. The van der Waals surface area contributed by atoms with Gasteiger partial charge in [0.15, 0.2) is 0 Å². The summed E-state index contributed by atoms with van der Waals surface area (Å²) in [5, 5.41) is 2.78. The van der Waals surface area contributed by atoms with Crippen LogP contribution in [0.5, 0.6) is 0 Å². The molecule has 0 saturated carbocycles. The van der Waals surface area contributed by atoms with Gasteiger partial charge in [-0.15, -0.1) is 0 Å². The summed E-state index contributed by atoms with van der Waals surface area (Å²) >= 11 is 0. The Bertz CT molecular complexity index is 1070. The number of carbonyl (C=O) groups is 2. The first-order valence-corrected chi connectivity index (χ1v) is 12.3. The number of ether oxygens (including phenoxy) is 1. The Morgan fingerprint density at radius 3 is 2.55 bits per heavy atom. The second-order valence-electron chi connectivity index (χ2n) is 8.30. The van der Waals surface area contributed by atoms with E-state index in [-0.39, 0.29) is 35.4 Å². The number of hydrogen-bond acceptors (Lipinski definition) is 6. The fraction of sp³-hybridized carbons (Fsp3) is 0.435. The van der Waals surface area contributed by atoms with Gasteiger partial charge < -0.3 is 15.0 Å². The summed E-state index contributed by atoms with van der Waals surface area (Å²) in [4.78, 5) is 31.7. The summed E-state index contributed by atoms with van der Waals surface area (Å²) in [6.07, 6.45) is 3.35. The van der Waals surface area contributed by atoms with Crippen molar-refractivity contribution in [1.82, 2.24) is 19.5 Å². The zero-order valence-corrected chi connectivity index (χ0v) is 19.9. The summed E-state index contributed by atoms with van der Waals surface area (Å²) < 4.78 is 32.4. The Morgan fingerprint density at radius 2 is 1.91 bits per heavy atom. The lowest BCUT2D eigenvalue weighted by Gasteiger charge is -2.27. The van der Waals surface area contributed by atoms with Crippen LogP contribution in [-0.4, -0.2) is 73.8 Å². The number of carbonyl (C=O) groups excluding carboxylic acids is 2. The number of rotatable bonds is 8. The lowest BCUT2D eigenvalue weighted by molar-refractivity contribution is -0.133. The molecular formula is C23H30N4O5S. The van der Waals surface area contributed by atoms with Crippen molar-refractivity contribution in [1.29, 1.82) is 0 Å². The number of nitrogens with one attached hydrogen (secondary N) is 1. The molecule has 2 aromatic rings. The van der Waals surface area contributed by atoms with Crippen LogP contribution in [-0.2, 0) is 26.1 Å². The number of morpholine rings is 1. The van der Waals surface area contributed by atoms with Crippen molar-refractivity contribution in [3.8, 4) is 0 Å². The van der Waals surface area contributed by atoms with E-state index in [1.54, 1.807) is 30.4 Å². The fourth-order valence-electron chi connectivity index (χ4n) is 3.55. The van der Waals surface area contributed by atoms with E-state index in [0.717, 1.165) is 5.56 Å². The lowest BCUT2D eigenvalue weighted by atomic mass is 10.0. The predicted molar refractivity (Wildman–Crippen MR) is 123 cm³/mol. The number of sulfonamides is 1. The molecule has 0 bridgehead atoms. The van der Waals surface area contributed by atoms with Crippen LogP contribution in [0.4, 0.5) is 0 Å². The third-order valence-corrected chi connectivity index (χ3v) is 7.34. The molecule has 1 aromatic carbocycles. The van der Waals surface area contributed by atoms with E-state index in [2.05, 4.69) is 10.3 Å². The van der Waals surface area contributed by atoms with Gasteiger partial charge in [0.25, 0.3) is 5.91 Å². The Labute approximate surface area is 194 Å². The van der Waals surface area contributed by atoms with Crippen molar-refractivity contribution in [3.05, 3.63) is 59.9 Å². The van der Waals surface area contributed by atoms with E-state index in [1.807, 2.05) is 19.9 Å². The maximum Gasteiger partial charge on any atom is 0.251 e. The monoisotopic (exact) mass is 474 g/mol. The molecule has 1 aliphatic rings. The molecule has 1 aliphatic heterocycles. The molecule has 178 valence electrons. The maximum atomic E-state index is 13.1. The van der Waals surface area contributed by atoms with Crippen molar-refractivity contribution in [2.24, 2.45) is 5.92 Å². The van der Waals surface area contributed by atoms with Gasteiger partial charge in [0.05, 0.1) is 18.1 Å². The number of aromatic nitrogens is 1. The molecule has 1 aromatic heterocycles. The van der Waals surface area contributed by atoms with Crippen LogP contribution in [0, 0.1) is 5.92 Å². The molecule has 1 atom stereocenters. The van der Waals surface area contributed by atoms with Crippen molar-refractivity contribution < 1.29 is 22.7 Å². The second-order valence-corrected chi connectivity index (χ2v) is 10.2. The quantitative estimate of drug-likeness (QED) is 0.621. The van der Waals surface area contributed by atoms with Gasteiger partial charge in [0.2, 0.25) is 15.9 Å². The first kappa shape index (κ1) is 24.8. The van der Waals surface area contributed by atoms with Gasteiger partial charge >= 0.3 is 0 Å². The van der Waals surface area contributed by atoms with Gasteiger partial charge in [-0.2, -0.15) is 4.31 Å². The van der Waals surface area contributed by atoms with Crippen LogP contribution in [0.3, 0.4) is 0 Å². The van der Waals surface area contributed by atoms with E-state index >= 15 is 0 Å². The Balaban J connectivity index is 1.74. The van der Waals surface area contributed by atoms with Gasteiger partial charge in [-0.25, -0.2) is 8.42 Å². The summed E-state index contributed by atoms with van der Waals surface area (Å²) in [5.74, 6) is -0.909. The van der Waals surface area contributed by atoms with Gasteiger partial charge in [-0.1, -0.05) is 26.0 Å². The fourth-order valence-corrected chi connectivity index (χ4v) is 5.01. The van der Waals surface area contributed by atoms with Crippen molar-refractivity contribution in [2.45, 2.75) is 31.3 Å². The molecular weight excluding hydrogens is 444 g/mol. The normalized spacial score (nSPS) is 15.8. The maximum absolute atomic E-state index is 13.1. The van der Waals surface area contributed by atoms with Gasteiger partial charge in [-0.05, 0) is 35.7 Å². The van der Waals surface area contributed by atoms with Crippen LogP contribution in [0.15, 0.2) is 53.7 Å². The van der Waals surface area contributed by atoms with Gasteiger partial charge in [0.1, 0.15) is 6.04 Å². The lowest BCUT2D eigenvalue weighted by Crippen LogP contribution is -2.50. The minimum absolute atomic E-state index is 0.0400. The van der Waals surface area contributed by atoms with Crippen LogP contribution in [0.25, 0.3) is 0 Å². The molecule has 0 radical (unpaired) electrons. The SMILES string of the molecule is CC(C)[C@@H](NC(=O)c1cccc(S(=O)(=O)N2CCOCC2)c1)C(=O)N(C)Cc1cccnc1. The first-order valence-electron chi connectivity index (χ1n) is 10.8. The molecule has 2 heterocycles. The van der Waals surface area contributed by atoms with Crippen molar-refractivity contribution in [2.75, 3.05) is 33.4 Å². The average molecular weight is 475 g/mol. The van der Waals surface area contributed by atoms with Crippen molar-refractivity contribution in [3.63, 3.8) is 0 Å². The van der Waals surface area contributed by atoms with Crippen molar-refractivity contribution >= 4 is 21.8 Å². The second kappa shape index (κ2) is 10.9. The standard InChI is InChI=1S/C23H30N4O5S/c1-17(2)21(23(29)26(3)16-18-6-5-9-24-15-18)25-22(28)19-7-4-8-20(14-19)33(30,31)27-10-12-32-13-11-27/h4-9,14-15,17,21H,10-13,16H2,1-3H3,(H,25,28)/t21-/m1/s1. The van der Waals surface area contributed by atoms with E-state index in [0.29, 0.717) is 19.8 Å². The van der Waals surface area contributed by atoms with Crippen LogP contribution >= 0.6 is 0 Å². The molecule has 9 nitrogen and oxygen atoms in total. The van der Waals surface area contributed by atoms with E-state index in [4.69, 9.17) is 4.74 Å². The number of likely N-dealkylation sites (N-methyl/N-ethyl adjacent to an activating group) is 1. The smallest absolute Gasteiger partial charge is 0.251 e. The predicted octanol–water partition coefficient (Wildman–Crippen LogP) is 1.52. The Hall–Kier alpha value is -2.82. The minimum Gasteiger partial charge on any atom is -0.379 e. The van der Waals surface area contributed by atoms with Gasteiger partial charge in [0, 0.05) is 44.6 Å². The molecule has 2 amide bonds. The number of amides is 2. The number of hydrogen-bond donors (Lipinski definition) is 1. The molecule has 0 aliphatic carbocycles. The molecule has 3 rings (SSSR count). The molecule has 1 fully saturated rings. The third-order valence-electron chi connectivity index (χ3n) is 5.44. The van der Waals surface area contributed by atoms with Crippen LogP contribution in [0.1, 0.15) is 29.8 Å². The van der Waals surface area contributed by atoms with Crippen LogP contribution < -0.4 is 5.32 Å². The molecule has 0 spiro atoms. The Morgan fingerprint density at radius 1 is 1.18 bits per heavy atom. The van der Waals surface area contributed by atoms with Crippen LogP contribution in [0.2, 0.25) is 0 Å². The molecule has 10 heteroatoms. The van der Waals surface area contributed by atoms with E-state index in [9.17, 15) is 18.0 Å². The highest BCUT2D eigenvalue weighted by Crippen LogP contribution is 2.19. The summed E-state index contributed by atoms with van der Waals surface area (Å²) in [6.45, 7) is 5.27. The minimum atomic E-state index is -3.73. The summed E-state index contributed by atoms with van der Waals surface area (Å²) in [7, 11) is -2.06. The first-order chi connectivity index (χ1) is 15.7. The number of benzene rings is 1. The molecule has 1 saturated heterocycles. The number of pyridine rings is 1. The van der Waals surface area contributed by atoms with Gasteiger partial charge in [-0.3, -0.25) is 14.6 Å². The topological polar surface area (TPSA) is 109 Å². The largest absolute Gasteiger partial charge is 0.379 e. The highest BCUT2D eigenvalue weighted by Gasteiger charge is 2.29. The third kappa shape index (κ3) is 6.16. The highest BCUT2D eigenvalue weighted by molar-refractivity contribution is 7.89. The molecule has 1 N–H and O–H groups in total. The van der Waals surface area contributed by atoms with E-state index in [1.165, 1.54) is 28.6 Å². The average Bonchev–Trinajstić information content (AvgIpc) is 2.83. The summed E-state index contributed by atoms with van der Waals surface area (Å²) in [6, 6.07) is 8.79. The highest BCUT2D eigenvalue weighted by atomic mass is 32.2. The molecule has 0 unspecified atom stereocenters. The number of nitrogens with zero attached hydrogens (tertiary/aromatic N) is 3. The zero-order valence-electron chi connectivity index (χ0n) is 19.1. The molecule has 33 heavy (non-hydrogen) atoms. The zero-order chi connectivity index (χ0) is 24.0. The summed E-state index contributed by atoms with van der Waals surface area (Å²) in [5.41, 5.74) is 1.06. The van der Waals surface area contributed by atoms with E-state index < -0.39 is 22.0 Å².